The van der Waals surface area contributed by atoms with Gasteiger partial charge in [0.1, 0.15) is 11.6 Å². The van der Waals surface area contributed by atoms with Crippen LogP contribution in [0.2, 0.25) is 0 Å². The number of hydrogen-bond acceptors (Lipinski definition) is 4. The van der Waals surface area contributed by atoms with E-state index in [1.807, 2.05) is 6.07 Å². The lowest BCUT2D eigenvalue weighted by molar-refractivity contribution is 0.220. The molecule has 2 aromatic rings. The predicted octanol–water partition coefficient (Wildman–Crippen LogP) is 4.79. The number of rotatable bonds is 4. The zero-order valence-corrected chi connectivity index (χ0v) is 19.8. The predicted molar refractivity (Wildman–Crippen MR) is 129 cm³/mol. The summed E-state index contributed by atoms with van der Waals surface area (Å²) in [6.45, 7) is 6.55. The summed E-state index contributed by atoms with van der Waals surface area (Å²) in [6.07, 6.45) is 6.08. The molecule has 31 heavy (non-hydrogen) atoms. The van der Waals surface area contributed by atoms with E-state index in [0.29, 0.717) is 17.9 Å². The van der Waals surface area contributed by atoms with Gasteiger partial charge in [-0.15, -0.1) is 24.8 Å². The van der Waals surface area contributed by atoms with Gasteiger partial charge in [0.05, 0.1) is 0 Å². The quantitative estimate of drug-likeness (QED) is 0.645. The van der Waals surface area contributed by atoms with Crippen molar-refractivity contribution in [2.24, 2.45) is 11.8 Å². The van der Waals surface area contributed by atoms with Crippen molar-refractivity contribution >= 4 is 30.6 Å². The van der Waals surface area contributed by atoms with Crippen molar-refractivity contribution in [3.8, 4) is 0 Å². The Morgan fingerprint density at radius 1 is 1.00 bits per heavy atom. The summed E-state index contributed by atoms with van der Waals surface area (Å²) in [4.78, 5) is 12.2. The molecule has 3 aliphatic rings. The van der Waals surface area contributed by atoms with E-state index in [0.717, 1.165) is 37.6 Å². The van der Waals surface area contributed by atoms with Gasteiger partial charge in [-0.25, -0.2) is 9.37 Å². The van der Waals surface area contributed by atoms with E-state index in [9.17, 15) is 4.39 Å². The van der Waals surface area contributed by atoms with Gasteiger partial charge in [-0.3, -0.25) is 9.80 Å². The Kier molecular flexibility index (Phi) is 8.19. The molecule has 0 amide bonds. The molecule has 0 N–H and O–H groups in total. The molecule has 170 valence electrons. The fraction of sp³-hybridized carbons (Fsp3) is 0.542. The first-order valence-corrected chi connectivity index (χ1v) is 11.1. The van der Waals surface area contributed by atoms with Crippen molar-refractivity contribution in [3.05, 3.63) is 59.5 Å². The molecule has 7 heteroatoms. The van der Waals surface area contributed by atoms with E-state index in [1.54, 1.807) is 6.07 Å². The molecular weight excluding hydrogens is 434 g/mol. The van der Waals surface area contributed by atoms with Gasteiger partial charge in [0.2, 0.25) is 0 Å². The van der Waals surface area contributed by atoms with Gasteiger partial charge in [0, 0.05) is 44.3 Å². The van der Waals surface area contributed by atoms with Crippen molar-refractivity contribution < 1.29 is 4.39 Å². The van der Waals surface area contributed by atoms with E-state index >= 15 is 0 Å². The first-order valence-electron chi connectivity index (χ1n) is 11.1. The Balaban J connectivity index is 0.00000136. The largest absolute Gasteiger partial charge is 0.356 e. The van der Waals surface area contributed by atoms with Crippen LogP contribution in [-0.2, 0) is 6.54 Å². The number of hydrogen-bond donors (Lipinski definition) is 0. The van der Waals surface area contributed by atoms with E-state index in [2.05, 4.69) is 46.1 Å². The molecule has 3 fully saturated rings. The summed E-state index contributed by atoms with van der Waals surface area (Å²) in [5.41, 5.74) is 2.42. The zero-order chi connectivity index (χ0) is 19.8. The van der Waals surface area contributed by atoms with Crippen molar-refractivity contribution in [3.63, 3.8) is 0 Å². The second kappa shape index (κ2) is 10.5. The molecule has 1 aromatic heterocycles. The van der Waals surface area contributed by atoms with E-state index in [-0.39, 0.29) is 30.6 Å². The average molecular weight is 467 g/mol. The van der Waals surface area contributed by atoms with Gasteiger partial charge in [0.15, 0.2) is 0 Å². The first-order chi connectivity index (χ1) is 14.2. The summed E-state index contributed by atoms with van der Waals surface area (Å²) in [5.74, 6) is 2.09. The minimum atomic E-state index is -0.139. The van der Waals surface area contributed by atoms with E-state index in [1.165, 1.54) is 44.0 Å². The molecule has 3 saturated heterocycles. The molecule has 0 saturated carbocycles. The van der Waals surface area contributed by atoms with Crippen LogP contribution in [-0.4, -0.2) is 54.6 Å². The summed E-state index contributed by atoms with van der Waals surface area (Å²) >= 11 is 0. The molecule has 5 rings (SSSR count). The van der Waals surface area contributed by atoms with Crippen LogP contribution >= 0.6 is 24.8 Å². The van der Waals surface area contributed by atoms with Crippen LogP contribution in [0, 0.1) is 17.7 Å². The van der Waals surface area contributed by atoms with Crippen LogP contribution in [0.15, 0.2) is 42.6 Å². The number of fused-ring (bicyclic) bond motifs is 1. The van der Waals surface area contributed by atoms with Crippen LogP contribution in [0.4, 0.5) is 10.2 Å². The van der Waals surface area contributed by atoms with Crippen molar-refractivity contribution in [2.45, 2.75) is 31.8 Å². The summed E-state index contributed by atoms with van der Waals surface area (Å²) in [5, 5.41) is 0. The Bertz CT molecular complexity index is 844. The number of pyridine rings is 1. The van der Waals surface area contributed by atoms with Gasteiger partial charge >= 0.3 is 0 Å². The Morgan fingerprint density at radius 2 is 1.81 bits per heavy atom. The highest BCUT2D eigenvalue weighted by Crippen LogP contribution is 2.44. The lowest BCUT2D eigenvalue weighted by atomic mass is 9.89. The first kappa shape index (κ1) is 24.2. The lowest BCUT2D eigenvalue weighted by Gasteiger charge is -2.28. The van der Waals surface area contributed by atoms with Gasteiger partial charge in [0.25, 0.3) is 0 Å². The SMILES string of the molecule is CN1C[C@H]2CN(c3ccc(CN4CCCCC4)cn3)C[C@H]2[C@@H]1c1cccc(F)c1.Cl.Cl. The number of likely N-dealkylation sites (tertiary alicyclic amines) is 2. The van der Waals surface area contributed by atoms with Crippen molar-refractivity contribution in [1.82, 2.24) is 14.8 Å². The Hall–Kier alpha value is -1.40. The molecule has 0 bridgehead atoms. The van der Waals surface area contributed by atoms with Crippen LogP contribution in [0.25, 0.3) is 0 Å². The maximum absolute atomic E-state index is 13.8. The Morgan fingerprint density at radius 3 is 2.52 bits per heavy atom. The third-order valence-electron chi connectivity index (χ3n) is 7.07. The minimum Gasteiger partial charge on any atom is -0.356 e. The molecule has 0 radical (unpaired) electrons. The standard InChI is InChI=1S/C24H31FN4.2ClH/c1-27-15-20-16-29(17-22(20)24(27)19-6-5-7-21(25)12-19)23-9-8-18(13-26-23)14-28-10-3-2-4-11-28;;/h5-9,12-13,20,22,24H,2-4,10-11,14-17H2,1H3;2*1H/t20-,22+,24-;;/m0../s1. The fourth-order valence-electron chi connectivity index (χ4n) is 5.71. The third-order valence-corrected chi connectivity index (χ3v) is 7.07. The lowest BCUT2D eigenvalue weighted by Crippen LogP contribution is -2.30. The van der Waals surface area contributed by atoms with Crippen molar-refractivity contribution in [1.29, 1.82) is 0 Å². The Labute approximate surface area is 197 Å². The third kappa shape index (κ3) is 5.16. The van der Waals surface area contributed by atoms with Crippen LogP contribution in [0.1, 0.15) is 36.4 Å². The number of piperidine rings is 1. The van der Waals surface area contributed by atoms with Crippen molar-refractivity contribution in [2.75, 3.05) is 44.7 Å². The minimum absolute atomic E-state index is 0. The van der Waals surface area contributed by atoms with Crippen LogP contribution in [0.5, 0.6) is 0 Å². The molecule has 0 spiro atoms. The highest BCUT2D eigenvalue weighted by atomic mass is 35.5. The fourth-order valence-corrected chi connectivity index (χ4v) is 5.71. The molecule has 3 atom stereocenters. The highest BCUT2D eigenvalue weighted by Gasteiger charge is 2.46. The summed E-state index contributed by atoms with van der Waals surface area (Å²) in [6, 6.07) is 11.9. The number of benzene rings is 1. The smallest absolute Gasteiger partial charge is 0.128 e. The topological polar surface area (TPSA) is 22.6 Å². The summed E-state index contributed by atoms with van der Waals surface area (Å²) in [7, 11) is 2.17. The molecular formula is C24H33Cl2FN4. The highest BCUT2D eigenvalue weighted by molar-refractivity contribution is 5.85. The van der Waals surface area contributed by atoms with E-state index < -0.39 is 0 Å². The second-order valence-electron chi connectivity index (χ2n) is 9.13. The molecule has 0 unspecified atom stereocenters. The number of halogens is 3. The normalized spacial score (nSPS) is 26.3. The summed E-state index contributed by atoms with van der Waals surface area (Å²) < 4.78 is 13.8. The molecule has 4 nitrogen and oxygen atoms in total. The molecule has 0 aliphatic carbocycles. The maximum atomic E-state index is 13.8. The van der Waals surface area contributed by atoms with Gasteiger partial charge in [-0.2, -0.15) is 0 Å². The van der Waals surface area contributed by atoms with Gasteiger partial charge in [-0.1, -0.05) is 24.6 Å². The number of nitrogens with zero attached hydrogens (tertiary/aromatic N) is 4. The van der Waals surface area contributed by atoms with Crippen LogP contribution < -0.4 is 4.90 Å². The number of anilines is 1. The molecule has 3 aliphatic heterocycles. The monoisotopic (exact) mass is 466 g/mol. The number of aromatic nitrogens is 1. The molecule has 1 aromatic carbocycles. The van der Waals surface area contributed by atoms with Gasteiger partial charge in [-0.05, 0) is 68.2 Å². The van der Waals surface area contributed by atoms with E-state index in [4.69, 9.17) is 4.98 Å². The average Bonchev–Trinajstić information content (AvgIpc) is 3.26. The maximum Gasteiger partial charge on any atom is 0.128 e. The molecule has 4 heterocycles. The van der Waals surface area contributed by atoms with Crippen LogP contribution in [0.3, 0.4) is 0 Å². The second-order valence-corrected chi connectivity index (χ2v) is 9.13. The zero-order valence-electron chi connectivity index (χ0n) is 18.1. The van der Waals surface area contributed by atoms with Gasteiger partial charge < -0.3 is 4.90 Å².